The van der Waals surface area contributed by atoms with Gasteiger partial charge >= 0.3 is 0 Å². The van der Waals surface area contributed by atoms with E-state index in [1.54, 1.807) is 14.2 Å². The molecule has 30 heavy (non-hydrogen) atoms. The smallest absolute Gasteiger partial charge is 0.267 e. The van der Waals surface area contributed by atoms with Gasteiger partial charge in [-0.3, -0.25) is 9.59 Å². The van der Waals surface area contributed by atoms with E-state index < -0.39 is 0 Å². The number of aryl methyl sites for hydroxylation is 2. The number of rotatable bonds is 7. The molecule has 1 heterocycles. The SMILES string of the molecule is COc1ccc(CCNC(=O)C2=NN(c3cc(C)ccc3C)C(=O)CC2)cc1OC. The number of benzene rings is 2. The van der Waals surface area contributed by atoms with E-state index >= 15 is 0 Å². The van der Waals surface area contributed by atoms with Gasteiger partial charge in [0.25, 0.3) is 5.91 Å². The molecule has 0 aromatic heterocycles. The van der Waals surface area contributed by atoms with E-state index in [2.05, 4.69) is 10.4 Å². The predicted octanol–water partition coefficient (Wildman–Crippen LogP) is 3.16. The fourth-order valence-corrected chi connectivity index (χ4v) is 3.31. The Kier molecular flexibility index (Phi) is 6.72. The molecule has 0 saturated carbocycles. The van der Waals surface area contributed by atoms with Crippen molar-refractivity contribution in [1.29, 1.82) is 0 Å². The molecule has 0 unspecified atom stereocenters. The lowest BCUT2D eigenvalue weighted by Gasteiger charge is -2.24. The molecule has 0 atom stereocenters. The van der Waals surface area contributed by atoms with Gasteiger partial charge in [-0.25, -0.2) is 5.01 Å². The second-order valence-electron chi connectivity index (χ2n) is 7.24. The molecule has 7 nitrogen and oxygen atoms in total. The second kappa shape index (κ2) is 9.43. The summed E-state index contributed by atoms with van der Waals surface area (Å²) >= 11 is 0. The number of carbonyl (C=O) groups excluding carboxylic acids is 2. The van der Waals surface area contributed by atoms with Crippen LogP contribution in [0.2, 0.25) is 0 Å². The van der Waals surface area contributed by atoms with E-state index in [9.17, 15) is 9.59 Å². The summed E-state index contributed by atoms with van der Waals surface area (Å²) in [5, 5.41) is 8.62. The first kappa shape index (κ1) is 21.4. The lowest BCUT2D eigenvalue weighted by molar-refractivity contribution is -0.118. The molecule has 2 aromatic carbocycles. The van der Waals surface area contributed by atoms with Crippen LogP contribution in [-0.2, 0) is 16.0 Å². The molecule has 1 aliphatic heterocycles. The van der Waals surface area contributed by atoms with E-state index in [-0.39, 0.29) is 18.2 Å². The molecule has 158 valence electrons. The Morgan fingerprint density at radius 2 is 1.83 bits per heavy atom. The second-order valence-corrected chi connectivity index (χ2v) is 7.24. The van der Waals surface area contributed by atoms with Gasteiger partial charge in [-0.1, -0.05) is 18.2 Å². The molecule has 0 radical (unpaired) electrons. The Morgan fingerprint density at radius 1 is 1.07 bits per heavy atom. The van der Waals surface area contributed by atoms with Crippen molar-refractivity contribution >= 4 is 23.2 Å². The average Bonchev–Trinajstić information content (AvgIpc) is 2.75. The molecule has 3 rings (SSSR count). The van der Waals surface area contributed by atoms with Crippen LogP contribution in [-0.4, -0.2) is 38.3 Å². The summed E-state index contributed by atoms with van der Waals surface area (Å²) in [5.74, 6) is 0.961. The minimum absolute atomic E-state index is 0.106. The average molecular weight is 409 g/mol. The van der Waals surface area contributed by atoms with Crippen LogP contribution in [0.3, 0.4) is 0 Å². The number of hydrogen-bond acceptors (Lipinski definition) is 5. The number of nitrogens with zero attached hydrogens (tertiary/aromatic N) is 2. The van der Waals surface area contributed by atoms with Crippen LogP contribution in [0.15, 0.2) is 41.5 Å². The van der Waals surface area contributed by atoms with Crippen molar-refractivity contribution in [3.63, 3.8) is 0 Å². The number of hydrogen-bond donors (Lipinski definition) is 1. The quantitative estimate of drug-likeness (QED) is 0.762. The van der Waals surface area contributed by atoms with Gasteiger partial charge < -0.3 is 14.8 Å². The Labute approximate surface area is 176 Å². The Morgan fingerprint density at radius 3 is 2.57 bits per heavy atom. The topological polar surface area (TPSA) is 80.2 Å². The highest BCUT2D eigenvalue weighted by atomic mass is 16.5. The van der Waals surface area contributed by atoms with Crippen LogP contribution < -0.4 is 19.8 Å². The van der Waals surface area contributed by atoms with Gasteiger partial charge in [0.15, 0.2) is 11.5 Å². The van der Waals surface area contributed by atoms with Gasteiger partial charge in [0, 0.05) is 19.4 Å². The van der Waals surface area contributed by atoms with E-state index in [0.717, 1.165) is 22.4 Å². The summed E-state index contributed by atoms with van der Waals surface area (Å²) in [4.78, 5) is 25.0. The summed E-state index contributed by atoms with van der Waals surface area (Å²) < 4.78 is 10.6. The highest BCUT2D eigenvalue weighted by Gasteiger charge is 2.26. The number of amides is 2. The molecular formula is C23H27N3O4. The van der Waals surface area contributed by atoms with Crippen LogP contribution in [0, 0.1) is 13.8 Å². The summed E-state index contributed by atoms with van der Waals surface area (Å²) in [5.41, 5.74) is 4.07. The highest BCUT2D eigenvalue weighted by molar-refractivity contribution is 6.40. The summed E-state index contributed by atoms with van der Waals surface area (Å²) in [6.07, 6.45) is 1.23. The Balaban J connectivity index is 1.66. The molecule has 2 amide bonds. The number of methoxy groups -OCH3 is 2. The zero-order valence-corrected chi connectivity index (χ0v) is 17.8. The van der Waals surface area contributed by atoms with Crippen LogP contribution in [0.1, 0.15) is 29.5 Å². The normalized spacial score (nSPS) is 13.7. The molecule has 1 N–H and O–H groups in total. The largest absolute Gasteiger partial charge is 0.493 e. The first-order valence-electron chi connectivity index (χ1n) is 9.89. The standard InChI is InChI=1S/C23H27N3O4/c1-15-5-6-16(2)19(13-15)26-22(27)10-8-18(25-26)23(28)24-12-11-17-7-9-20(29-3)21(14-17)30-4/h5-7,9,13-14H,8,10-12H2,1-4H3,(H,24,28). The van der Waals surface area contributed by atoms with Crippen molar-refractivity contribution in [1.82, 2.24) is 5.32 Å². The molecule has 0 spiro atoms. The minimum atomic E-state index is -0.252. The predicted molar refractivity (Wildman–Crippen MR) is 116 cm³/mol. The Hall–Kier alpha value is -3.35. The number of anilines is 1. The fourth-order valence-electron chi connectivity index (χ4n) is 3.31. The third-order valence-corrected chi connectivity index (χ3v) is 5.03. The third-order valence-electron chi connectivity index (χ3n) is 5.03. The maximum atomic E-state index is 12.6. The lowest BCUT2D eigenvalue weighted by Crippen LogP contribution is -2.39. The van der Waals surface area contributed by atoms with E-state index in [4.69, 9.17) is 9.47 Å². The van der Waals surface area contributed by atoms with E-state index in [1.165, 1.54) is 5.01 Å². The number of nitrogens with one attached hydrogen (secondary N) is 1. The zero-order chi connectivity index (χ0) is 21.7. The van der Waals surface area contributed by atoms with Crippen molar-refractivity contribution in [2.75, 3.05) is 25.8 Å². The van der Waals surface area contributed by atoms with Crippen LogP contribution in [0.4, 0.5) is 5.69 Å². The summed E-state index contributed by atoms with van der Waals surface area (Å²) in [7, 11) is 3.18. The molecule has 2 aromatic rings. The van der Waals surface area contributed by atoms with Gasteiger partial charge in [0.05, 0.1) is 19.9 Å². The van der Waals surface area contributed by atoms with E-state index in [1.807, 2.05) is 50.2 Å². The molecule has 0 fully saturated rings. The number of ether oxygens (including phenoxy) is 2. The first-order chi connectivity index (χ1) is 14.4. The van der Waals surface area contributed by atoms with Crippen LogP contribution in [0.25, 0.3) is 0 Å². The number of carbonyl (C=O) groups is 2. The van der Waals surface area contributed by atoms with Crippen molar-refractivity contribution in [3.05, 3.63) is 53.1 Å². The van der Waals surface area contributed by atoms with Gasteiger partial charge in [0.1, 0.15) is 5.71 Å². The highest BCUT2D eigenvalue weighted by Crippen LogP contribution is 2.28. The maximum Gasteiger partial charge on any atom is 0.267 e. The van der Waals surface area contributed by atoms with E-state index in [0.29, 0.717) is 36.6 Å². The molecular weight excluding hydrogens is 382 g/mol. The molecule has 0 bridgehead atoms. The van der Waals surface area contributed by atoms with Gasteiger partial charge in [-0.05, 0) is 55.2 Å². The minimum Gasteiger partial charge on any atom is -0.493 e. The Bertz CT molecular complexity index is 984. The summed E-state index contributed by atoms with van der Waals surface area (Å²) in [6.45, 7) is 4.34. The zero-order valence-electron chi connectivity index (χ0n) is 17.8. The maximum absolute atomic E-state index is 12.6. The summed E-state index contributed by atoms with van der Waals surface area (Å²) in [6, 6.07) is 11.5. The van der Waals surface area contributed by atoms with Gasteiger partial charge in [-0.15, -0.1) is 0 Å². The van der Waals surface area contributed by atoms with Crippen molar-refractivity contribution < 1.29 is 19.1 Å². The molecule has 1 aliphatic rings. The first-order valence-corrected chi connectivity index (χ1v) is 9.89. The van der Waals surface area contributed by atoms with Crippen LogP contribution >= 0.6 is 0 Å². The monoisotopic (exact) mass is 409 g/mol. The van der Waals surface area contributed by atoms with Crippen LogP contribution in [0.5, 0.6) is 11.5 Å². The van der Waals surface area contributed by atoms with Crippen molar-refractivity contribution in [3.8, 4) is 11.5 Å². The lowest BCUT2D eigenvalue weighted by atomic mass is 10.1. The van der Waals surface area contributed by atoms with Crippen molar-refractivity contribution in [2.24, 2.45) is 5.10 Å². The van der Waals surface area contributed by atoms with Crippen molar-refractivity contribution in [2.45, 2.75) is 33.1 Å². The molecule has 0 aliphatic carbocycles. The van der Waals surface area contributed by atoms with Gasteiger partial charge in [0.2, 0.25) is 5.91 Å². The van der Waals surface area contributed by atoms with Gasteiger partial charge in [-0.2, -0.15) is 5.10 Å². The fraction of sp³-hybridized carbons (Fsp3) is 0.348. The number of hydrazone groups is 1. The third kappa shape index (κ3) is 4.79. The molecule has 0 saturated heterocycles. The molecule has 7 heteroatoms.